The van der Waals surface area contributed by atoms with E-state index in [9.17, 15) is 18.0 Å². The molecule has 0 bridgehead atoms. The van der Waals surface area contributed by atoms with Gasteiger partial charge in [0, 0.05) is 18.7 Å². The van der Waals surface area contributed by atoms with Crippen LogP contribution in [0.2, 0.25) is 0 Å². The Labute approximate surface area is 158 Å². The lowest BCUT2D eigenvalue weighted by Crippen LogP contribution is -2.34. The molecule has 27 heavy (non-hydrogen) atoms. The van der Waals surface area contributed by atoms with Crippen molar-refractivity contribution in [2.75, 3.05) is 18.6 Å². The van der Waals surface area contributed by atoms with E-state index in [1.807, 2.05) is 0 Å². The molecule has 0 saturated carbocycles. The molecule has 1 atom stereocenters. The van der Waals surface area contributed by atoms with Gasteiger partial charge in [0.2, 0.25) is 15.9 Å². The summed E-state index contributed by atoms with van der Waals surface area (Å²) < 4.78 is 32.6. The molecule has 0 spiro atoms. The minimum Gasteiger partial charge on any atom is -0.468 e. The third kappa shape index (κ3) is 4.17. The first kappa shape index (κ1) is 19.1. The summed E-state index contributed by atoms with van der Waals surface area (Å²) in [7, 11) is -2.77. The number of hydrogen-bond donors (Lipinski definition) is 1. The molecule has 2 aromatic carbocycles. The molecule has 0 radical (unpaired) electrons. The largest absolute Gasteiger partial charge is 0.468 e. The zero-order valence-corrected chi connectivity index (χ0v) is 15.6. The van der Waals surface area contributed by atoms with E-state index in [0.717, 1.165) is 6.42 Å². The van der Waals surface area contributed by atoms with Crippen molar-refractivity contribution in [2.45, 2.75) is 23.8 Å². The molecule has 0 aromatic heterocycles. The van der Waals surface area contributed by atoms with Gasteiger partial charge >= 0.3 is 5.97 Å². The van der Waals surface area contributed by atoms with Crippen molar-refractivity contribution in [1.29, 1.82) is 0 Å². The van der Waals surface area contributed by atoms with Gasteiger partial charge < -0.3 is 9.64 Å². The fourth-order valence-corrected chi connectivity index (χ4v) is 4.14. The van der Waals surface area contributed by atoms with Crippen LogP contribution in [0.5, 0.6) is 0 Å². The summed E-state index contributed by atoms with van der Waals surface area (Å²) in [5.74, 6) is -0.678. The van der Waals surface area contributed by atoms with Crippen LogP contribution in [0.4, 0.5) is 5.69 Å². The third-order valence-electron chi connectivity index (χ3n) is 4.37. The first-order valence-corrected chi connectivity index (χ1v) is 9.96. The van der Waals surface area contributed by atoms with E-state index >= 15 is 0 Å². The Kier molecular flexibility index (Phi) is 5.57. The SMILES string of the molecule is COC(=O)[C@H](NS(=O)(=O)c1ccc(N2CCCC2=O)cc1)c1ccccc1. The number of anilines is 1. The predicted octanol–water partition coefficient (Wildman–Crippen LogP) is 2.01. The quantitative estimate of drug-likeness (QED) is 0.764. The molecule has 1 aliphatic rings. The normalized spacial score (nSPS) is 15.6. The van der Waals surface area contributed by atoms with Gasteiger partial charge in [-0.3, -0.25) is 4.79 Å². The molecular formula is C19H20N2O5S. The van der Waals surface area contributed by atoms with E-state index in [1.165, 1.54) is 19.2 Å². The summed E-state index contributed by atoms with van der Waals surface area (Å²) in [6.07, 6.45) is 1.29. The molecule has 1 aliphatic heterocycles. The monoisotopic (exact) mass is 388 g/mol. The van der Waals surface area contributed by atoms with Crippen LogP contribution >= 0.6 is 0 Å². The summed E-state index contributed by atoms with van der Waals surface area (Å²) in [5, 5.41) is 0. The molecule has 3 rings (SSSR count). The number of carbonyl (C=O) groups excluding carboxylic acids is 2. The van der Waals surface area contributed by atoms with Crippen LogP contribution in [0.15, 0.2) is 59.5 Å². The highest BCUT2D eigenvalue weighted by atomic mass is 32.2. The lowest BCUT2D eigenvalue weighted by atomic mass is 10.1. The predicted molar refractivity (Wildman–Crippen MR) is 99.5 cm³/mol. The van der Waals surface area contributed by atoms with Gasteiger partial charge in [0.25, 0.3) is 0 Å². The van der Waals surface area contributed by atoms with Gasteiger partial charge in [-0.2, -0.15) is 4.72 Å². The summed E-state index contributed by atoms with van der Waals surface area (Å²) in [6, 6.07) is 13.3. The van der Waals surface area contributed by atoms with Crippen LogP contribution in [0.25, 0.3) is 0 Å². The zero-order chi connectivity index (χ0) is 19.4. The molecule has 142 valence electrons. The maximum Gasteiger partial charge on any atom is 0.328 e. The zero-order valence-electron chi connectivity index (χ0n) is 14.8. The molecule has 0 unspecified atom stereocenters. The first-order valence-electron chi connectivity index (χ1n) is 8.48. The summed E-state index contributed by atoms with van der Waals surface area (Å²) in [6.45, 7) is 0.627. The Morgan fingerprint density at radius 1 is 1.11 bits per heavy atom. The molecule has 1 fully saturated rings. The lowest BCUT2D eigenvalue weighted by Gasteiger charge is -2.18. The Balaban J connectivity index is 1.84. The molecule has 7 nitrogen and oxygen atoms in total. The Morgan fingerprint density at radius 2 is 1.78 bits per heavy atom. The van der Waals surface area contributed by atoms with Crippen molar-refractivity contribution >= 4 is 27.6 Å². The van der Waals surface area contributed by atoms with Gasteiger partial charge in [-0.1, -0.05) is 30.3 Å². The summed E-state index contributed by atoms with van der Waals surface area (Å²) >= 11 is 0. The highest BCUT2D eigenvalue weighted by Gasteiger charge is 2.28. The minimum atomic E-state index is -3.97. The number of amides is 1. The highest BCUT2D eigenvalue weighted by Crippen LogP contribution is 2.24. The third-order valence-corrected chi connectivity index (χ3v) is 5.81. The summed E-state index contributed by atoms with van der Waals surface area (Å²) in [5.41, 5.74) is 1.14. The Bertz CT molecular complexity index is 926. The van der Waals surface area contributed by atoms with Gasteiger partial charge in [-0.25, -0.2) is 13.2 Å². The number of benzene rings is 2. The number of ether oxygens (including phenoxy) is 1. The second-order valence-corrected chi connectivity index (χ2v) is 7.84. The molecule has 8 heteroatoms. The van der Waals surface area contributed by atoms with Crippen LogP contribution in [0.3, 0.4) is 0 Å². The second kappa shape index (κ2) is 7.89. The topological polar surface area (TPSA) is 92.8 Å². The van der Waals surface area contributed by atoms with Crippen LogP contribution < -0.4 is 9.62 Å². The van der Waals surface area contributed by atoms with E-state index < -0.39 is 22.0 Å². The summed E-state index contributed by atoms with van der Waals surface area (Å²) in [4.78, 5) is 25.5. The van der Waals surface area contributed by atoms with Crippen LogP contribution in [0, 0.1) is 0 Å². The van der Waals surface area contributed by atoms with E-state index in [1.54, 1.807) is 47.4 Å². The van der Waals surface area contributed by atoms with Crippen molar-refractivity contribution in [3.05, 3.63) is 60.2 Å². The van der Waals surface area contributed by atoms with E-state index in [-0.39, 0.29) is 10.8 Å². The molecule has 1 amide bonds. The van der Waals surface area contributed by atoms with Crippen molar-refractivity contribution in [1.82, 2.24) is 4.72 Å². The molecule has 1 heterocycles. The van der Waals surface area contributed by atoms with Crippen LogP contribution in [-0.2, 0) is 24.3 Å². The first-order chi connectivity index (χ1) is 12.9. The fraction of sp³-hybridized carbons (Fsp3) is 0.263. The molecule has 1 saturated heterocycles. The number of esters is 1. The van der Waals surface area contributed by atoms with Crippen molar-refractivity contribution < 1.29 is 22.7 Å². The number of methoxy groups -OCH3 is 1. The van der Waals surface area contributed by atoms with Gasteiger partial charge in [0.15, 0.2) is 0 Å². The van der Waals surface area contributed by atoms with Gasteiger partial charge in [-0.15, -0.1) is 0 Å². The average molecular weight is 388 g/mol. The molecule has 2 aromatic rings. The van der Waals surface area contributed by atoms with E-state index in [0.29, 0.717) is 24.2 Å². The van der Waals surface area contributed by atoms with Gasteiger partial charge in [-0.05, 0) is 36.2 Å². The van der Waals surface area contributed by atoms with E-state index in [2.05, 4.69) is 4.72 Å². The maximum atomic E-state index is 12.7. The standard InChI is InChI=1S/C19H20N2O5S/c1-26-19(23)18(14-6-3-2-4-7-14)20-27(24,25)16-11-9-15(10-12-16)21-13-5-8-17(21)22/h2-4,6-7,9-12,18,20H,5,8,13H2,1H3/t18-/m1/s1. The Morgan fingerprint density at radius 3 is 2.33 bits per heavy atom. The van der Waals surface area contributed by atoms with Gasteiger partial charge in [0.1, 0.15) is 6.04 Å². The maximum absolute atomic E-state index is 12.7. The van der Waals surface area contributed by atoms with Gasteiger partial charge in [0.05, 0.1) is 12.0 Å². The van der Waals surface area contributed by atoms with E-state index in [4.69, 9.17) is 4.74 Å². The average Bonchev–Trinajstić information content (AvgIpc) is 3.12. The molecule has 0 aliphatic carbocycles. The number of carbonyl (C=O) groups is 2. The van der Waals surface area contributed by atoms with Crippen molar-refractivity contribution in [3.63, 3.8) is 0 Å². The number of nitrogens with zero attached hydrogens (tertiary/aromatic N) is 1. The minimum absolute atomic E-state index is 0.00253. The molecule has 1 N–H and O–H groups in total. The number of hydrogen-bond acceptors (Lipinski definition) is 5. The number of nitrogens with one attached hydrogen (secondary N) is 1. The van der Waals surface area contributed by atoms with Crippen LogP contribution in [-0.4, -0.2) is 33.9 Å². The smallest absolute Gasteiger partial charge is 0.328 e. The second-order valence-electron chi connectivity index (χ2n) is 6.13. The van der Waals surface area contributed by atoms with Crippen molar-refractivity contribution in [2.24, 2.45) is 0 Å². The Hall–Kier alpha value is -2.71. The van der Waals surface area contributed by atoms with Crippen molar-refractivity contribution in [3.8, 4) is 0 Å². The highest BCUT2D eigenvalue weighted by molar-refractivity contribution is 7.89. The number of sulfonamides is 1. The number of rotatable bonds is 6. The lowest BCUT2D eigenvalue weighted by molar-refractivity contribution is -0.142. The van der Waals surface area contributed by atoms with Crippen LogP contribution in [0.1, 0.15) is 24.4 Å². The fourth-order valence-electron chi connectivity index (χ4n) is 2.97. The molecular weight excluding hydrogens is 368 g/mol.